The minimum Gasteiger partial charge on any atom is -0.347 e. The Labute approximate surface area is 152 Å². The first-order valence-corrected chi connectivity index (χ1v) is 9.25. The van der Waals surface area contributed by atoms with E-state index in [1.165, 1.54) is 31.4 Å². The summed E-state index contributed by atoms with van der Waals surface area (Å²) in [4.78, 5) is 23.4. The summed E-state index contributed by atoms with van der Waals surface area (Å²) < 4.78 is 0. The Hall–Kier alpha value is -1.62. The summed E-state index contributed by atoms with van der Waals surface area (Å²) in [5, 5.41) is 14.4. The van der Waals surface area contributed by atoms with Crippen LogP contribution in [0.5, 0.6) is 0 Å². The van der Waals surface area contributed by atoms with Crippen LogP contribution in [0.15, 0.2) is 18.2 Å². The Kier molecular flexibility index (Phi) is 3.50. The Morgan fingerprint density at radius 2 is 1.84 bits per heavy atom. The van der Waals surface area contributed by atoms with E-state index in [1.807, 2.05) is 0 Å². The van der Waals surface area contributed by atoms with Gasteiger partial charge < -0.3 is 5.32 Å². The molecule has 1 amide bonds. The van der Waals surface area contributed by atoms with Crippen LogP contribution in [0.2, 0.25) is 5.02 Å². The van der Waals surface area contributed by atoms with Crippen molar-refractivity contribution in [2.24, 2.45) is 16.7 Å². The Morgan fingerprint density at radius 3 is 2.40 bits per heavy atom. The Bertz CT molecular complexity index is 760. The van der Waals surface area contributed by atoms with E-state index in [4.69, 9.17) is 11.6 Å². The molecule has 0 aromatic heterocycles. The molecule has 25 heavy (non-hydrogen) atoms. The van der Waals surface area contributed by atoms with Gasteiger partial charge in [0.15, 0.2) is 0 Å². The van der Waals surface area contributed by atoms with E-state index >= 15 is 0 Å². The van der Waals surface area contributed by atoms with Crippen molar-refractivity contribution < 1.29 is 9.72 Å². The third kappa shape index (κ3) is 2.82. The molecule has 6 heteroatoms. The highest BCUT2D eigenvalue weighted by molar-refractivity contribution is 6.32. The fourth-order valence-electron chi connectivity index (χ4n) is 6.69. The highest BCUT2D eigenvalue weighted by Gasteiger charge is 2.60. The molecule has 0 heterocycles. The van der Waals surface area contributed by atoms with Gasteiger partial charge in [-0.25, -0.2) is 0 Å². The maximum Gasteiger partial charge on any atom is 0.288 e. The molecule has 4 fully saturated rings. The molecule has 4 saturated carbocycles. The van der Waals surface area contributed by atoms with Crippen LogP contribution >= 0.6 is 11.6 Å². The second-order valence-electron chi connectivity index (χ2n) is 9.29. The van der Waals surface area contributed by atoms with Crippen LogP contribution in [0.3, 0.4) is 0 Å². The van der Waals surface area contributed by atoms with Crippen LogP contribution in [-0.4, -0.2) is 16.4 Å². The van der Waals surface area contributed by atoms with Gasteiger partial charge in [0.2, 0.25) is 0 Å². The van der Waals surface area contributed by atoms with Gasteiger partial charge in [-0.2, -0.15) is 0 Å². The lowest BCUT2D eigenvalue weighted by Crippen LogP contribution is -2.65. The van der Waals surface area contributed by atoms with Crippen LogP contribution in [0, 0.1) is 26.9 Å². The SMILES string of the molecule is C[C@]12CC3CC(NC(=O)c4ccc(Cl)c([N+](=O)[O-])c4)(C1)C[C@@](C)(C3)C2. The van der Waals surface area contributed by atoms with Crippen molar-refractivity contribution in [3.8, 4) is 0 Å². The average molecular weight is 363 g/mol. The third-order valence-electron chi connectivity index (χ3n) is 6.41. The molecule has 4 atom stereocenters. The molecular formula is C19H23ClN2O3. The standard InChI is InChI=1S/C19H23ClN2O3/c1-17-6-12-7-18(2,9-17)11-19(8-12,10-17)21-16(23)13-3-4-14(20)15(5-13)22(24)25/h3-5,12H,6-11H2,1-2H3,(H,21,23)/t12?,17-,18+,19?. The normalized spacial score (nSPS) is 38.6. The number of benzene rings is 1. The van der Waals surface area contributed by atoms with Crippen LogP contribution in [0.1, 0.15) is 62.7 Å². The van der Waals surface area contributed by atoms with E-state index in [0.717, 1.165) is 19.3 Å². The minimum atomic E-state index is -0.550. The van der Waals surface area contributed by atoms with Gasteiger partial charge in [-0.1, -0.05) is 25.4 Å². The van der Waals surface area contributed by atoms with Gasteiger partial charge in [0, 0.05) is 17.2 Å². The highest BCUT2D eigenvalue weighted by atomic mass is 35.5. The molecule has 0 aliphatic heterocycles. The first-order chi connectivity index (χ1) is 11.6. The lowest BCUT2D eigenvalue weighted by atomic mass is 9.43. The van der Waals surface area contributed by atoms with Crippen molar-refractivity contribution in [2.45, 2.75) is 57.9 Å². The number of rotatable bonds is 3. The van der Waals surface area contributed by atoms with Crippen molar-refractivity contribution in [1.82, 2.24) is 5.32 Å². The van der Waals surface area contributed by atoms with E-state index in [9.17, 15) is 14.9 Å². The summed E-state index contributed by atoms with van der Waals surface area (Å²) in [5.41, 5.74) is 0.510. The van der Waals surface area contributed by atoms with E-state index in [1.54, 1.807) is 6.07 Å². The number of halogens is 1. The monoisotopic (exact) mass is 362 g/mol. The summed E-state index contributed by atoms with van der Waals surface area (Å²) in [6, 6.07) is 4.27. The fraction of sp³-hybridized carbons (Fsp3) is 0.632. The zero-order valence-electron chi connectivity index (χ0n) is 14.6. The lowest BCUT2D eigenvalue weighted by molar-refractivity contribution is -0.384. The molecule has 0 spiro atoms. The number of hydrogen-bond acceptors (Lipinski definition) is 3. The number of hydrogen-bond donors (Lipinski definition) is 1. The lowest BCUT2D eigenvalue weighted by Gasteiger charge is -2.65. The number of amides is 1. The number of nitro benzene ring substituents is 1. The molecular weight excluding hydrogens is 340 g/mol. The second kappa shape index (κ2) is 5.19. The number of carbonyl (C=O) groups is 1. The largest absolute Gasteiger partial charge is 0.347 e. The molecule has 1 aromatic carbocycles. The second-order valence-corrected chi connectivity index (χ2v) is 9.70. The maximum absolute atomic E-state index is 12.8. The summed E-state index contributed by atoms with van der Waals surface area (Å²) in [6.45, 7) is 4.70. The Morgan fingerprint density at radius 1 is 1.20 bits per heavy atom. The van der Waals surface area contributed by atoms with Crippen LogP contribution in [0.25, 0.3) is 0 Å². The molecule has 134 valence electrons. The first kappa shape index (κ1) is 16.8. The molecule has 4 aliphatic carbocycles. The zero-order valence-corrected chi connectivity index (χ0v) is 15.4. The van der Waals surface area contributed by atoms with Crippen LogP contribution in [0.4, 0.5) is 5.69 Å². The maximum atomic E-state index is 12.8. The van der Waals surface area contributed by atoms with E-state index in [0.29, 0.717) is 22.3 Å². The molecule has 1 aromatic rings. The molecule has 2 unspecified atom stereocenters. The zero-order chi connectivity index (χ0) is 18.0. The van der Waals surface area contributed by atoms with E-state index < -0.39 is 4.92 Å². The predicted molar refractivity (Wildman–Crippen MR) is 95.7 cm³/mol. The average Bonchev–Trinajstić information content (AvgIpc) is 2.42. The van der Waals surface area contributed by atoms with Crippen molar-refractivity contribution in [2.75, 3.05) is 0 Å². The summed E-state index contributed by atoms with van der Waals surface area (Å²) in [7, 11) is 0. The molecule has 5 nitrogen and oxygen atoms in total. The fourth-order valence-corrected chi connectivity index (χ4v) is 6.88. The van der Waals surface area contributed by atoms with Crippen molar-refractivity contribution in [1.29, 1.82) is 0 Å². The van der Waals surface area contributed by atoms with Crippen molar-refractivity contribution >= 4 is 23.2 Å². The topological polar surface area (TPSA) is 72.2 Å². The van der Waals surface area contributed by atoms with Gasteiger partial charge in [0.05, 0.1) is 4.92 Å². The molecule has 0 radical (unpaired) electrons. The van der Waals surface area contributed by atoms with Crippen LogP contribution < -0.4 is 5.32 Å². The molecule has 0 saturated heterocycles. The first-order valence-electron chi connectivity index (χ1n) is 8.88. The highest BCUT2D eigenvalue weighted by Crippen LogP contribution is 2.66. The van der Waals surface area contributed by atoms with Gasteiger partial charge in [0.1, 0.15) is 5.02 Å². The van der Waals surface area contributed by atoms with E-state index in [-0.39, 0.29) is 22.2 Å². The minimum absolute atomic E-state index is 0.0522. The smallest absolute Gasteiger partial charge is 0.288 e. The number of nitrogens with one attached hydrogen (secondary N) is 1. The van der Waals surface area contributed by atoms with Crippen molar-refractivity contribution in [3.63, 3.8) is 0 Å². The van der Waals surface area contributed by atoms with Crippen LogP contribution in [-0.2, 0) is 0 Å². The van der Waals surface area contributed by atoms with Gasteiger partial charge in [0.25, 0.3) is 11.6 Å². The van der Waals surface area contributed by atoms with Gasteiger partial charge >= 0.3 is 0 Å². The number of nitro groups is 1. The number of carbonyl (C=O) groups excluding carboxylic acids is 1. The summed E-state index contributed by atoms with van der Waals surface area (Å²) in [6.07, 6.45) is 6.79. The quantitative estimate of drug-likeness (QED) is 0.624. The molecule has 4 bridgehead atoms. The molecule has 1 N–H and O–H groups in total. The third-order valence-corrected chi connectivity index (χ3v) is 6.73. The summed E-state index contributed by atoms with van der Waals surface area (Å²) >= 11 is 5.86. The van der Waals surface area contributed by atoms with Gasteiger partial charge in [-0.15, -0.1) is 0 Å². The van der Waals surface area contributed by atoms with Gasteiger partial charge in [-0.05, 0) is 67.4 Å². The summed E-state index contributed by atoms with van der Waals surface area (Å²) in [5.74, 6) is 0.444. The predicted octanol–water partition coefficient (Wildman–Crippen LogP) is 4.73. The number of nitrogens with zero attached hydrogens (tertiary/aromatic N) is 1. The van der Waals surface area contributed by atoms with Gasteiger partial charge in [-0.3, -0.25) is 14.9 Å². The molecule has 5 rings (SSSR count). The molecule has 4 aliphatic rings. The van der Waals surface area contributed by atoms with Crippen molar-refractivity contribution in [3.05, 3.63) is 38.9 Å². The Balaban J connectivity index is 1.61. The van der Waals surface area contributed by atoms with E-state index in [2.05, 4.69) is 19.2 Å².